The lowest BCUT2D eigenvalue weighted by molar-refractivity contribution is -0.497. The van der Waals surface area contributed by atoms with Gasteiger partial charge in [0.2, 0.25) is 11.9 Å². The SMILES string of the molecule is CN(C)C1(CNC(=O)[C@@H]2C[C@@H]2[N+](=O)[O-])CCCCCC1. The highest BCUT2D eigenvalue weighted by atomic mass is 16.6. The molecular weight excluding hydrogens is 258 g/mol. The summed E-state index contributed by atoms with van der Waals surface area (Å²) in [6, 6.07) is -0.653. The van der Waals surface area contributed by atoms with Crippen LogP contribution in [0.1, 0.15) is 44.9 Å². The minimum Gasteiger partial charge on any atom is -0.354 e. The van der Waals surface area contributed by atoms with Crippen molar-refractivity contribution in [2.75, 3.05) is 20.6 Å². The van der Waals surface area contributed by atoms with Gasteiger partial charge in [0, 0.05) is 23.4 Å². The van der Waals surface area contributed by atoms with Crippen LogP contribution in [-0.4, -0.2) is 48.0 Å². The molecule has 0 aliphatic heterocycles. The number of likely N-dealkylation sites (N-methyl/N-ethyl adjacent to an activating group) is 1. The zero-order valence-electron chi connectivity index (χ0n) is 12.4. The molecule has 0 unspecified atom stereocenters. The van der Waals surface area contributed by atoms with Crippen molar-refractivity contribution in [3.63, 3.8) is 0 Å². The zero-order valence-corrected chi connectivity index (χ0v) is 12.4. The van der Waals surface area contributed by atoms with E-state index in [0.717, 1.165) is 12.8 Å². The quantitative estimate of drug-likeness (QED) is 0.470. The summed E-state index contributed by atoms with van der Waals surface area (Å²) in [4.78, 5) is 24.5. The van der Waals surface area contributed by atoms with Crippen LogP contribution in [0.3, 0.4) is 0 Å². The lowest BCUT2D eigenvalue weighted by Gasteiger charge is -2.39. The van der Waals surface area contributed by atoms with E-state index in [1.54, 1.807) is 0 Å². The highest BCUT2D eigenvalue weighted by Gasteiger charge is 2.53. The molecule has 2 rings (SSSR count). The third-order valence-corrected chi connectivity index (χ3v) is 4.94. The van der Waals surface area contributed by atoms with Gasteiger partial charge in [-0.1, -0.05) is 25.7 Å². The molecule has 0 saturated heterocycles. The van der Waals surface area contributed by atoms with Gasteiger partial charge in [0.25, 0.3) is 0 Å². The van der Waals surface area contributed by atoms with Crippen LogP contribution < -0.4 is 5.32 Å². The largest absolute Gasteiger partial charge is 0.354 e. The molecule has 0 radical (unpaired) electrons. The second-order valence-corrected chi connectivity index (χ2v) is 6.45. The molecular formula is C14H25N3O3. The summed E-state index contributed by atoms with van der Waals surface area (Å²) in [5.41, 5.74) is 0.0190. The first-order chi connectivity index (χ1) is 9.46. The van der Waals surface area contributed by atoms with Crippen LogP contribution >= 0.6 is 0 Å². The molecule has 114 valence electrons. The molecule has 0 bridgehead atoms. The van der Waals surface area contributed by atoms with Crippen molar-refractivity contribution in [2.45, 2.75) is 56.5 Å². The lowest BCUT2D eigenvalue weighted by Crippen LogP contribution is -2.52. The van der Waals surface area contributed by atoms with Gasteiger partial charge in [-0.3, -0.25) is 14.9 Å². The van der Waals surface area contributed by atoms with E-state index in [2.05, 4.69) is 24.3 Å². The fourth-order valence-electron chi connectivity index (χ4n) is 3.25. The standard InChI is InChI=1S/C14H25N3O3/c1-16(2)14(7-5-3-4-6-8-14)10-15-13(18)11-9-12(11)17(19)20/h11-12H,3-10H2,1-2H3,(H,15,18)/t11-,12+/m1/s1. The number of rotatable bonds is 5. The van der Waals surface area contributed by atoms with Crippen LogP contribution in [0.15, 0.2) is 0 Å². The molecule has 0 aromatic heterocycles. The maximum Gasteiger partial charge on any atom is 0.230 e. The first-order valence-electron chi connectivity index (χ1n) is 7.55. The smallest absolute Gasteiger partial charge is 0.230 e. The number of hydrogen-bond acceptors (Lipinski definition) is 4. The molecule has 0 heterocycles. The van der Waals surface area contributed by atoms with Crippen molar-refractivity contribution in [3.8, 4) is 0 Å². The number of nitrogens with zero attached hydrogens (tertiary/aromatic N) is 2. The van der Waals surface area contributed by atoms with Gasteiger partial charge in [-0.25, -0.2) is 0 Å². The summed E-state index contributed by atoms with van der Waals surface area (Å²) in [6.07, 6.45) is 7.47. The van der Waals surface area contributed by atoms with Crippen molar-refractivity contribution >= 4 is 5.91 Å². The van der Waals surface area contributed by atoms with Gasteiger partial charge in [-0.05, 0) is 26.9 Å². The molecule has 0 aromatic carbocycles. The Morgan fingerprint density at radius 2 is 1.90 bits per heavy atom. The molecule has 20 heavy (non-hydrogen) atoms. The fraction of sp³-hybridized carbons (Fsp3) is 0.929. The van der Waals surface area contributed by atoms with Gasteiger partial charge in [0.05, 0.1) is 0 Å². The average molecular weight is 283 g/mol. The van der Waals surface area contributed by atoms with E-state index in [1.165, 1.54) is 25.7 Å². The van der Waals surface area contributed by atoms with E-state index in [-0.39, 0.29) is 16.4 Å². The summed E-state index contributed by atoms with van der Waals surface area (Å²) >= 11 is 0. The average Bonchev–Trinajstić information content (AvgIpc) is 3.20. The predicted octanol–water partition coefficient (Wildman–Crippen LogP) is 1.42. The second kappa shape index (κ2) is 6.08. The van der Waals surface area contributed by atoms with Gasteiger partial charge >= 0.3 is 0 Å². The molecule has 2 aliphatic rings. The Morgan fingerprint density at radius 1 is 1.30 bits per heavy atom. The summed E-state index contributed by atoms with van der Waals surface area (Å²) in [5.74, 6) is -0.549. The second-order valence-electron chi connectivity index (χ2n) is 6.45. The van der Waals surface area contributed by atoms with Crippen LogP contribution in [0.25, 0.3) is 0 Å². The Bertz CT molecular complexity index is 376. The van der Waals surface area contributed by atoms with Crippen molar-refractivity contribution in [1.29, 1.82) is 0 Å². The number of nitrogens with one attached hydrogen (secondary N) is 1. The van der Waals surface area contributed by atoms with E-state index in [0.29, 0.717) is 13.0 Å². The molecule has 0 spiro atoms. The Kier molecular flexibility index (Phi) is 4.62. The Balaban J connectivity index is 1.89. The summed E-state index contributed by atoms with van der Waals surface area (Å²) in [7, 11) is 4.13. The number of carbonyl (C=O) groups is 1. The minimum absolute atomic E-state index is 0.0190. The minimum atomic E-state index is -0.653. The van der Waals surface area contributed by atoms with Gasteiger partial charge in [0.15, 0.2) is 0 Å². The zero-order chi connectivity index (χ0) is 14.8. The topological polar surface area (TPSA) is 75.5 Å². The highest BCUT2D eigenvalue weighted by Crippen LogP contribution is 2.34. The molecule has 6 heteroatoms. The number of carbonyl (C=O) groups excluding carboxylic acids is 1. The first kappa shape index (κ1) is 15.2. The van der Waals surface area contributed by atoms with Gasteiger partial charge in [0.1, 0.15) is 5.92 Å². The number of amides is 1. The van der Waals surface area contributed by atoms with E-state index in [4.69, 9.17) is 0 Å². The van der Waals surface area contributed by atoms with Crippen molar-refractivity contribution < 1.29 is 9.72 Å². The number of hydrogen-bond donors (Lipinski definition) is 1. The molecule has 2 fully saturated rings. The van der Waals surface area contributed by atoms with Crippen LogP contribution in [-0.2, 0) is 4.79 Å². The normalized spacial score (nSPS) is 28.8. The van der Waals surface area contributed by atoms with E-state index < -0.39 is 12.0 Å². The fourth-order valence-corrected chi connectivity index (χ4v) is 3.25. The Hall–Kier alpha value is -1.17. The van der Waals surface area contributed by atoms with Crippen molar-refractivity contribution in [1.82, 2.24) is 10.2 Å². The van der Waals surface area contributed by atoms with E-state index in [9.17, 15) is 14.9 Å². The predicted molar refractivity (Wildman–Crippen MR) is 76.0 cm³/mol. The third-order valence-electron chi connectivity index (χ3n) is 4.94. The van der Waals surface area contributed by atoms with E-state index >= 15 is 0 Å². The molecule has 2 atom stereocenters. The lowest BCUT2D eigenvalue weighted by atomic mass is 9.88. The third kappa shape index (κ3) is 3.29. The van der Waals surface area contributed by atoms with Gasteiger partial charge in [-0.2, -0.15) is 0 Å². The summed E-state index contributed by atoms with van der Waals surface area (Å²) < 4.78 is 0. The molecule has 1 amide bonds. The molecule has 2 aliphatic carbocycles. The molecule has 2 saturated carbocycles. The maximum absolute atomic E-state index is 12.0. The molecule has 6 nitrogen and oxygen atoms in total. The summed E-state index contributed by atoms with van der Waals surface area (Å²) in [5, 5.41) is 13.6. The van der Waals surface area contributed by atoms with E-state index in [1.807, 2.05) is 0 Å². The van der Waals surface area contributed by atoms with Crippen LogP contribution in [0.5, 0.6) is 0 Å². The van der Waals surface area contributed by atoms with Gasteiger partial charge in [-0.15, -0.1) is 0 Å². The molecule has 0 aromatic rings. The number of nitro groups is 1. The van der Waals surface area contributed by atoms with Gasteiger partial charge < -0.3 is 10.2 Å². The van der Waals surface area contributed by atoms with Crippen LogP contribution in [0.2, 0.25) is 0 Å². The van der Waals surface area contributed by atoms with Crippen LogP contribution in [0.4, 0.5) is 0 Å². The Labute approximate surface area is 120 Å². The van der Waals surface area contributed by atoms with Crippen LogP contribution in [0, 0.1) is 16.0 Å². The van der Waals surface area contributed by atoms with Crippen molar-refractivity contribution in [2.24, 2.45) is 5.92 Å². The highest BCUT2D eigenvalue weighted by molar-refractivity contribution is 5.82. The first-order valence-corrected chi connectivity index (χ1v) is 7.55. The monoisotopic (exact) mass is 283 g/mol. The van der Waals surface area contributed by atoms with Crippen molar-refractivity contribution in [3.05, 3.63) is 10.1 Å². The Morgan fingerprint density at radius 3 is 2.35 bits per heavy atom. The summed E-state index contributed by atoms with van der Waals surface area (Å²) in [6.45, 7) is 0.611. The molecule has 1 N–H and O–H groups in total. The maximum atomic E-state index is 12.0.